The highest BCUT2D eigenvalue weighted by Crippen LogP contribution is 2.28. The predicted molar refractivity (Wildman–Crippen MR) is 87.4 cm³/mol. The average molecular weight is 342 g/mol. The molecular formula is C16H20F2N2O2S. The first-order valence-corrected chi connectivity index (χ1v) is 8.43. The van der Waals surface area contributed by atoms with Crippen LogP contribution >= 0.6 is 11.8 Å². The summed E-state index contributed by atoms with van der Waals surface area (Å²) in [5, 5.41) is 2.64. The molecule has 0 bridgehead atoms. The van der Waals surface area contributed by atoms with E-state index in [-0.39, 0.29) is 17.4 Å². The van der Waals surface area contributed by atoms with Crippen molar-refractivity contribution in [2.45, 2.75) is 33.2 Å². The van der Waals surface area contributed by atoms with Gasteiger partial charge in [0.05, 0.1) is 5.88 Å². The zero-order valence-electron chi connectivity index (χ0n) is 13.3. The number of thioether (sulfide) groups is 1. The summed E-state index contributed by atoms with van der Waals surface area (Å²) in [5.41, 5.74) is -0.405. The van der Waals surface area contributed by atoms with Crippen molar-refractivity contribution in [2.75, 3.05) is 16.9 Å². The van der Waals surface area contributed by atoms with Gasteiger partial charge in [0.2, 0.25) is 11.8 Å². The zero-order chi connectivity index (χ0) is 17.2. The summed E-state index contributed by atoms with van der Waals surface area (Å²) >= 11 is 1.51. The van der Waals surface area contributed by atoms with E-state index in [4.69, 9.17) is 0 Å². The summed E-state index contributed by atoms with van der Waals surface area (Å²) in [6.45, 7) is 5.41. The molecule has 1 atom stereocenters. The molecule has 0 aromatic heterocycles. The number of hydrogen-bond acceptors (Lipinski definition) is 3. The molecule has 0 saturated carbocycles. The van der Waals surface area contributed by atoms with Crippen LogP contribution in [-0.4, -0.2) is 34.4 Å². The van der Waals surface area contributed by atoms with Gasteiger partial charge in [-0.2, -0.15) is 0 Å². The number of carbonyl (C=O) groups excluding carboxylic acids is 2. The van der Waals surface area contributed by atoms with Crippen molar-refractivity contribution in [3.63, 3.8) is 0 Å². The zero-order valence-corrected chi connectivity index (χ0v) is 14.1. The molecule has 1 heterocycles. The number of nitrogens with zero attached hydrogens (tertiary/aromatic N) is 1. The summed E-state index contributed by atoms with van der Waals surface area (Å²) in [4.78, 5) is 26.4. The number of amides is 2. The second-order valence-corrected chi connectivity index (χ2v) is 7.46. The molecule has 1 aromatic rings. The Morgan fingerprint density at radius 2 is 2.04 bits per heavy atom. The van der Waals surface area contributed by atoms with E-state index < -0.39 is 17.9 Å². The van der Waals surface area contributed by atoms with Crippen LogP contribution in [0.3, 0.4) is 0 Å². The molecular weight excluding hydrogens is 322 g/mol. The standard InChI is InChI=1S/C16H20F2N2O2S/c1-16(2,3)15(22)20-9-23-8-12(20)14(21)19-11-6-4-5-10(7-11)13(17)18/h4-7,12-13H,8-9H2,1-3H3,(H,19,21)/t12-/m0/s1. The minimum absolute atomic E-state index is 0.0935. The molecule has 1 aromatic carbocycles. The number of benzene rings is 1. The molecule has 2 rings (SSSR count). The Bertz CT molecular complexity index is 602. The third kappa shape index (κ3) is 4.22. The van der Waals surface area contributed by atoms with Crippen LogP contribution in [-0.2, 0) is 9.59 Å². The van der Waals surface area contributed by atoms with Crippen molar-refractivity contribution in [1.29, 1.82) is 0 Å². The Kier molecular flexibility index (Phi) is 5.29. The summed E-state index contributed by atoms with van der Waals surface area (Å²) in [6, 6.07) is 5.00. The molecule has 1 saturated heterocycles. The van der Waals surface area contributed by atoms with Crippen LogP contribution in [0.4, 0.5) is 14.5 Å². The molecule has 2 amide bonds. The molecule has 1 N–H and O–H groups in total. The van der Waals surface area contributed by atoms with Crippen molar-refractivity contribution in [3.8, 4) is 0 Å². The number of halogens is 2. The van der Waals surface area contributed by atoms with Crippen molar-refractivity contribution in [3.05, 3.63) is 29.8 Å². The smallest absolute Gasteiger partial charge is 0.263 e. The summed E-state index contributed by atoms with van der Waals surface area (Å²) < 4.78 is 25.4. The lowest BCUT2D eigenvalue weighted by Gasteiger charge is -2.29. The van der Waals surface area contributed by atoms with E-state index in [0.717, 1.165) is 0 Å². The van der Waals surface area contributed by atoms with Crippen LogP contribution in [0.5, 0.6) is 0 Å². The monoisotopic (exact) mass is 342 g/mol. The third-order valence-corrected chi connectivity index (χ3v) is 4.51. The number of anilines is 1. The summed E-state index contributed by atoms with van der Waals surface area (Å²) in [5.74, 6) is 0.524. The van der Waals surface area contributed by atoms with Crippen LogP contribution in [0.2, 0.25) is 0 Å². The highest BCUT2D eigenvalue weighted by Gasteiger charge is 2.39. The van der Waals surface area contributed by atoms with Gasteiger partial charge in [-0.05, 0) is 12.1 Å². The Hall–Kier alpha value is -1.63. The number of nitrogens with one attached hydrogen (secondary N) is 1. The van der Waals surface area contributed by atoms with E-state index in [1.165, 1.54) is 30.0 Å². The lowest BCUT2D eigenvalue weighted by atomic mass is 9.94. The quantitative estimate of drug-likeness (QED) is 0.914. The fourth-order valence-corrected chi connectivity index (χ4v) is 3.42. The highest BCUT2D eigenvalue weighted by molar-refractivity contribution is 7.99. The van der Waals surface area contributed by atoms with Gasteiger partial charge in [-0.25, -0.2) is 8.78 Å². The minimum Gasteiger partial charge on any atom is -0.324 e. The second kappa shape index (κ2) is 6.86. The fraction of sp³-hybridized carbons (Fsp3) is 0.500. The number of hydrogen-bond donors (Lipinski definition) is 1. The minimum atomic E-state index is -2.59. The Morgan fingerprint density at radius 3 is 2.65 bits per heavy atom. The second-order valence-electron chi connectivity index (χ2n) is 6.46. The lowest BCUT2D eigenvalue weighted by Crippen LogP contribution is -2.48. The predicted octanol–water partition coefficient (Wildman–Crippen LogP) is 3.51. The first kappa shape index (κ1) is 17.7. The van der Waals surface area contributed by atoms with Gasteiger partial charge in [0, 0.05) is 22.4 Å². The fourth-order valence-electron chi connectivity index (χ4n) is 2.27. The highest BCUT2D eigenvalue weighted by atomic mass is 32.2. The van der Waals surface area contributed by atoms with Gasteiger partial charge in [-0.1, -0.05) is 32.9 Å². The maximum absolute atomic E-state index is 12.7. The molecule has 0 aliphatic carbocycles. The maximum atomic E-state index is 12.7. The molecule has 0 spiro atoms. The molecule has 126 valence electrons. The topological polar surface area (TPSA) is 49.4 Å². The van der Waals surface area contributed by atoms with Crippen LogP contribution in [0, 0.1) is 5.41 Å². The van der Waals surface area contributed by atoms with E-state index in [1.807, 2.05) is 0 Å². The molecule has 7 heteroatoms. The molecule has 1 aliphatic heterocycles. The number of rotatable bonds is 3. The maximum Gasteiger partial charge on any atom is 0.263 e. The van der Waals surface area contributed by atoms with E-state index in [9.17, 15) is 18.4 Å². The largest absolute Gasteiger partial charge is 0.324 e. The SMILES string of the molecule is CC(C)(C)C(=O)N1CSC[C@H]1C(=O)Nc1cccc(C(F)F)c1. The Labute approximate surface area is 138 Å². The normalized spacial score (nSPS) is 18.3. The lowest BCUT2D eigenvalue weighted by molar-refractivity contribution is -0.143. The van der Waals surface area contributed by atoms with Crippen molar-refractivity contribution >= 4 is 29.3 Å². The first-order chi connectivity index (χ1) is 10.7. The van der Waals surface area contributed by atoms with Gasteiger partial charge >= 0.3 is 0 Å². The van der Waals surface area contributed by atoms with Crippen molar-refractivity contribution < 1.29 is 18.4 Å². The van der Waals surface area contributed by atoms with E-state index in [2.05, 4.69) is 5.32 Å². The molecule has 23 heavy (non-hydrogen) atoms. The number of carbonyl (C=O) groups is 2. The summed E-state index contributed by atoms with van der Waals surface area (Å²) in [6.07, 6.45) is -2.59. The Morgan fingerprint density at radius 1 is 1.35 bits per heavy atom. The van der Waals surface area contributed by atoms with Gasteiger partial charge < -0.3 is 10.2 Å². The molecule has 0 unspecified atom stereocenters. The van der Waals surface area contributed by atoms with Gasteiger partial charge in [-0.15, -0.1) is 11.8 Å². The van der Waals surface area contributed by atoms with Gasteiger partial charge in [-0.3, -0.25) is 9.59 Å². The van der Waals surface area contributed by atoms with E-state index in [0.29, 0.717) is 17.3 Å². The molecule has 1 fully saturated rings. The third-order valence-electron chi connectivity index (χ3n) is 3.49. The number of alkyl halides is 2. The average Bonchev–Trinajstić information content (AvgIpc) is 2.95. The van der Waals surface area contributed by atoms with E-state index >= 15 is 0 Å². The van der Waals surface area contributed by atoms with Gasteiger partial charge in [0.15, 0.2) is 0 Å². The van der Waals surface area contributed by atoms with Crippen molar-refractivity contribution in [1.82, 2.24) is 4.90 Å². The van der Waals surface area contributed by atoms with E-state index in [1.54, 1.807) is 31.7 Å². The molecule has 4 nitrogen and oxygen atoms in total. The Balaban J connectivity index is 2.11. The molecule has 1 aliphatic rings. The van der Waals surface area contributed by atoms with Crippen LogP contribution in [0.25, 0.3) is 0 Å². The van der Waals surface area contributed by atoms with Crippen LogP contribution in [0.15, 0.2) is 24.3 Å². The first-order valence-electron chi connectivity index (χ1n) is 7.28. The van der Waals surface area contributed by atoms with Gasteiger partial charge in [0.25, 0.3) is 6.43 Å². The van der Waals surface area contributed by atoms with Crippen LogP contribution < -0.4 is 5.32 Å². The van der Waals surface area contributed by atoms with Crippen molar-refractivity contribution in [2.24, 2.45) is 5.41 Å². The summed E-state index contributed by atoms with van der Waals surface area (Å²) in [7, 11) is 0. The van der Waals surface area contributed by atoms with Gasteiger partial charge in [0.1, 0.15) is 6.04 Å². The van der Waals surface area contributed by atoms with Crippen LogP contribution in [0.1, 0.15) is 32.8 Å². The molecule has 0 radical (unpaired) electrons.